The molecule has 1 aromatic heterocycles. The first kappa shape index (κ1) is 17.6. The van der Waals surface area contributed by atoms with E-state index in [0.717, 1.165) is 30.0 Å². The average Bonchev–Trinajstić information content (AvgIpc) is 2.95. The normalized spacial score (nSPS) is 17.1. The van der Waals surface area contributed by atoms with Crippen molar-refractivity contribution in [2.24, 2.45) is 5.92 Å². The van der Waals surface area contributed by atoms with Crippen molar-refractivity contribution < 1.29 is 9.53 Å². The summed E-state index contributed by atoms with van der Waals surface area (Å²) < 4.78 is 5.39. The van der Waals surface area contributed by atoms with Crippen LogP contribution in [0.1, 0.15) is 59.3 Å². The minimum atomic E-state index is 0.0955. The molecule has 1 aromatic carbocycles. The van der Waals surface area contributed by atoms with Crippen LogP contribution in [-0.4, -0.2) is 19.6 Å². The largest absolute Gasteiger partial charge is 0.497 e. The monoisotopic (exact) mass is 369 g/mol. The molecule has 1 amide bonds. The van der Waals surface area contributed by atoms with E-state index in [1.807, 2.05) is 6.07 Å². The van der Waals surface area contributed by atoms with Crippen molar-refractivity contribution in [1.82, 2.24) is 5.32 Å². The molecule has 0 radical (unpaired) electrons. The van der Waals surface area contributed by atoms with E-state index in [1.54, 1.807) is 18.4 Å². The van der Waals surface area contributed by atoms with Crippen molar-refractivity contribution in [3.05, 3.63) is 40.3 Å². The third-order valence-electron chi connectivity index (χ3n) is 5.78. The van der Waals surface area contributed by atoms with E-state index in [2.05, 4.69) is 23.5 Å². The molecule has 4 rings (SSSR count). The first-order chi connectivity index (χ1) is 12.7. The number of carbonyl (C=O) groups excluding carboxylic acids is 1. The summed E-state index contributed by atoms with van der Waals surface area (Å²) in [5.41, 5.74) is 3.89. The minimum absolute atomic E-state index is 0.0955. The lowest BCUT2D eigenvalue weighted by Crippen LogP contribution is -2.28. The number of hydrogen-bond donors (Lipinski definition) is 1. The van der Waals surface area contributed by atoms with E-state index in [4.69, 9.17) is 4.74 Å². The second kappa shape index (κ2) is 7.83. The molecule has 2 aliphatic carbocycles. The summed E-state index contributed by atoms with van der Waals surface area (Å²) in [4.78, 5) is 14.8. The summed E-state index contributed by atoms with van der Waals surface area (Å²) in [5, 5.41) is 3.20. The van der Waals surface area contributed by atoms with Gasteiger partial charge in [-0.25, -0.2) is 0 Å². The number of nitrogens with one attached hydrogen (secondary N) is 1. The number of carbonyl (C=O) groups is 1. The van der Waals surface area contributed by atoms with Crippen molar-refractivity contribution in [3.63, 3.8) is 0 Å². The van der Waals surface area contributed by atoms with Gasteiger partial charge in [0.15, 0.2) is 0 Å². The van der Waals surface area contributed by atoms with Gasteiger partial charge in [0.1, 0.15) is 5.75 Å². The van der Waals surface area contributed by atoms with Crippen molar-refractivity contribution in [2.75, 3.05) is 13.7 Å². The maximum atomic E-state index is 12.7. The summed E-state index contributed by atoms with van der Waals surface area (Å²) in [6, 6.07) is 8.39. The zero-order valence-electron chi connectivity index (χ0n) is 15.5. The van der Waals surface area contributed by atoms with Gasteiger partial charge >= 0.3 is 0 Å². The topological polar surface area (TPSA) is 38.3 Å². The minimum Gasteiger partial charge on any atom is -0.497 e. The average molecular weight is 370 g/mol. The molecule has 2 aliphatic rings. The number of benzene rings is 1. The van der Waals surface area contributed by atoms with Crippen LogP contribution >= 0.6 is 11.3 Å². The molecule has 4 heteroatoms. The van der Waals surface area contributed by atoms with Gasteiger partial charge < -0.3 is 10.1 Å². The maximum absolute atomic E-state index is 12.7. The number of ether oxygens (including phenoxy) is 1. The molecule has 0 unspecified atom stereocenters. The van der Waals surface area contributed by atoms with Crippen molar-refractivity contribution >= 4 is 17.2 Å². The Labute approximate surface area is 159 Å². The van der Waals surface area contributed by atoms with Crippen LogP contribution in [0.15, 0.2) is 24.3 Å². The van der Waals surface area contributed by atoms with Crippen LogP contribution in [0.25, 0.3) is 10.4 Å². The third kappa shape index (κ3) is 3.66. The summed E-state index contributed by atoms with van der Waals surface area (Å²) >= 11 is 1.63. The summed E-state index contributed by atoms with van der Waals surface area (Å²) in [6.07, 6.45) is 9.89. The van der Waals surface area contributed by atoms with E-state index < -0.39 is 0 Å². The van der Waals surface area contributed by atoms with E-state index in [-0.39, 0.29) is 5.91 Å². The van der Waals surface area contributed by atoms with Gasteiger partial charge in [0.25, 0.3) is 5.91 Å². The summed E-state index contributed by atoms with van der Waals surface area (Å²) in [7, 11) is 1.70. The molecule has 138 valence electrons. The molecule has 0 atom stereocenters. The fourth-order valence-electron chi connectivity index (χ4n) is 4.23. The van der Waals surface area contributed by atoms with E-state index in [1.165, 1.54) is 60.1 Å². The highest BCUT2D eigenvalue weighted by Crippen LogP contribution is 2.41. The first-order valence-electron chi connectivity index (χ1n) is 9.83. The number of amides is 1. The maximum Gasteiger partial charge on any atom is 0.261 e. The Morgan fingerprint density at radius 1 is 1.12 bits per heavy atom. The number of fused-ring (bicyclic) bond motifs is 3. The summed E-state index contributed by atoms with van der Waals surface area (Å²) in [5.74, 6) is 1.63. The second-order valence-electron chi connectivity index (χ2n) is 7.56. The van der Waals surface area contributed by atoms with E-state index in [0.29, 0.717) is 5.92 Å². The molecule has 0 aliphatic heterocycles. The number of rotatable bonds is 4. The van der Waals surface area contributed by atoms with E-state index in [9.17, 15) is 4.79 Å². The Balaban J connectivity index is 1.49. The van der Waals surface area contributed by atoms with Crippen molar-refractivity contribution in [1.29, 1.82) is 0 Å². The molecule has 1 heterocycles. The zero-order chi connectivity index (χ0) is 17.9. The first-order valence-corrected chi connectivity index (χ1v) is 10.6. The predicted octanol–water partition coefficient (Wildman–Crippen LogP) is 5.22. The van der Waals surface area contributed by atoms with Gasteiger partial charge in [-0.1, -0.05) is 31.7 Å². The lowest BCUT2D eigenvalue weighted by Gasteiger charge is -2.16. The third-order valence-corrected chi connectivity index (χ3v) is 6.99. The molecule has 0 spiro atoms. The molecule has 1 saturated carbocycles. The highest BCUT2D eigenvalue weighted by Gasteiger charge is 2.22. The predicted molar refractivity (Wildman–Crippen MR) is 107 cm³/mol. The van der Waals surface area contributed by atoms with Gasteiger partial charge in [0, 0.05) is 11.4 Å². The van der Waals surface area contributed by atoms with E-state index >= 15 is 0 Å². The van der Waals surface area contributed by atoms with Crippen LogP contribution < -0.4 is 10.1 Å². The van der Waals surface area contributed by atoms with Crippen LogP contribution in [0, 0.1) is 5.92 Å². The molecular formula is C22H27NO2S. The Hall–Kier alpha value is -1.81. The molecule has 0 saturated heterocycles. The van der Waals surface area contributed by atoms with Crippen LogP contribution in [0.2, 0.25) is 0 Å². The highest BCUT2D eigenvalue weighted by atomic mass is 32.1. The molecule has 26 heavy (non-hydrogen) atoms. The fraction of sp³-hybridized carbons (Fsp3) is 0.500. The lowest BCUT2D eigenvalue weighted by molar-refractivity contribution is 0.0949. The quantitative estimate of drug-likeness (QED) is 0.750. The lowest BCUT2D eigenvalue weighted by atomic mass is 9.91. The molecule has 2 aromatic rings. The Bertz CT molecular complexity index is 787. The van der Waals surface area contributed by atoms with Crippen LogP contribution in [0.3, 0.4) is 0 Å². The molecule has 1 N–H and O–H groups in total. The van der Waals surface area contributed by atoms with Gasteiger partial charge in [-0.05, 0) is 66.5 Å². The van der Waals surface area contributed by atoms with Crippen LogP contribution in [0.4, 0.5) is 0 Å². The SMILES string of the molecule is COc1ccc2c(c1)-c1sc(C(=O)NCC3CCCCCC3)cc1CC2. The fourth-order valence-corrected chi connectivity index (χ4v) is 5.41. The highest BCUT2D eigenvalue weighted by molar-refractivity contribution is 7.17. The van der Waals surface area contributed by atoms with Gasteiger partial charge in [-0.15, -0.1) is 11.3 Å². The Morgan fingerprint density at radius 2 is 1.88 bits per heavy atom. The second-order valence-corrected chi connectivity index (χ2v) is 8.61. The van der Waals surface area contributed by atoms with Gasteiger partial charge in [0.05, 0.1) is 12.0 Å². The Morgan fingerprint density at radius 3 is 2.65 bits per heavy atom. The standard InChI is InChI=1S/C22H27NO2S/c1-25-18-11-10-16-8-9-17-12-20(26-21(17)19(16)13-18)22(24)23-14-15-6-4-2-3-5-7-15/h10-13,15H,2-9,14H2,1H3,(H,23,24). The van der Waals surface area contributed by atoms with Crippen molar-refractivity contribution in [2.45, 2.75) is 51.4 Å². The molecule has 3 nitrogen and oxygen atoms in total. The molecular weight excluding hydrogens is 342 g/mol. The van der Waals surface area contributed by atoms with Gasteiger partial charge in [-0.3, -0.25) is 4.79 Å². The smallest absolute Gasteiger partial charge is 0.261 e. The summed E-state index contributed by atoms with van der Waals surface area (Å²) in [6.45, 7) is 0.825. The van der Waals surface area contributed by atoms with Crippen LogP contribution in [0.5, 0.6) is 5.75 Å². The van der Waals surface area contributed by atoms with Crippen molar-refractivity contribution in [3.8, 4) is 16.2 Å². The number of hydrogen-bond acceptors (Lipinski definition) is 3. The zero-order valence-corrected chi connectivity index (χ0v) is 16.3. The Kier molecular flexibility index (Phi) is 5.30. The molecule has 1 fully saturated rings. The molecule has 0 bridgehead atoms. The van der Waals surface area contributed by atoms with Crippen LogP contribution in [-0.2, 0) is 12.8 Å². The van der Waals surface area contributed by atoms with Gasteiger partial charge in [-0.2, -0.15) is 0 Å². The number of methoxy groups -OCH3 is 1. The van der Waals surface area contributed by atoms with Gasteiger partial charge in [0.2, 0.25) is 0 Å². The number of thiophene rings is 1. The number of aryl methyl sites for hydroxylation is 2.